The number of hydrogen-bond acceptors (Lipinski definition) is 3. The van der Waals surface area contributed by atoms with E-state index in [-0.39, 0.29) is 5.91 Å². The van der Waals surface area contributed by atoms with Crippen molar-refractivity contribution in [2.24, 2.45) is 4.99 Å². The van der Waals surface area contributed by atoms with Crippen LogP contribution in [0, 0.1) is 13.8 Å². The molecule has 0 atom stereocenters. The molecule has 0 N–H and O–H groups in total. The molecular formula is C28H35N3OS. The minimum absolute atomic E-state index is 0.148. The van der Waals surface area contributed by atoms with Gasteiger partial charge in [0.2, 0.25) is 0 Å². The summed E-state index contributed by atoms with van der Waals surface area (Å²) in [7, 11) is 0. The van der Waals surface area contributed by atoms with Crippen LogP contribution >= 0.6 is 11.8 Å². The second kappa shape index (κ2) is 9.92. The number of carbonyl (C=O) groups is 1. The summed E-state index contributed by atoms with van der Waals surface area (Å²) in [6.45, 7) is 4.27. The molecule has 5 rings (SSSR count). The fourth-order valence-corrected chi connectivity index (χ4v) is 6.64. The van der Waals surface area contributed by atoms with E-state index in [0.29, 0.717) is 12.1 Å². The molecule has 33 heavy (non-hydrogen) atoms. The van der Waals surface area contributed by atoms with Gasteiger partial charge in [0.15, 0.2) is 5.17 Å². The first-order valence-corrected chi connectivity index (χ1v) is 13.5. The van der Waals surface area contributed by atoms with Crippen molar-refractivity contribution in [2.75, 3.05) is 0 Å². The lowest BCUT2D eigenvalue weighted by Gasteiger charge is -2.31. The summed E-state index contributed by atoms with van der Waals surface area (Å²) in [5.41, 5.74) is 4.70. The molecule has 4 nitrogen and oxygen atoms in total. The number of aliphatic imine (C=N–C) groups is 1. The predicted octanol–water partition coefficient (Wildman–Crippen LogP) is 7.03. The Hall–Kier alpha value is -2.27. The van der Waals surface area contributed by atoms with Gasteiger partial charge in [0.1, 0.15) is 0 Å². The Kier molecular flexibility index (Phi) is 6.77. The summed E-state index contributed by atoms with van der Waals surface area (Å²) >= 11 is 1.60. The smallest absolute Gasteiger partial charge is 0.267 e. The lowest BCUT2D eigenvalue weighted by molar-refractivity contribution is -0.124. The van der Waals surface area contributed by atoms with Gasteiger partial charge in [-0.2, -0.15) is 0 Å². The zero-order chi connectivity index (χ0) is 22.8. The van der Waals surface area contributed by atoms with Gasteiger partial charge in [0.25, 0.3) is 5.91 Å². The molecule has 5 heteroatoms. The van der Waals surface area contributed by atoms with Crippen molar-refractivity contribution >= 4 is 28.9 Å². The van der Waals surface area contributed by atoms with Crippen molar-refractivity contribution in [2.45, 2.75) is 90.1 Å². The van der Waals surface area contributed by atoms with E-state index in [4.69, 9.17) is 4.99 Å². The van der Waals surface area contributed by atoms with Gasteiger partial charge in [-0.25, -0.2) is 0 Å². The van der Waals surface area contributed by atoms with Crippen molar-refractivity contribution in [1.82, 2.24) is 9.47 Å². The predicted molar refractivity (Wildman–Crippen MR) is 139 cm³/mol. The van der Waals surface area contributed by atoms with E-state index in [1.165, 1.54) is 49.7 Å². The minimum Gasteiger partial charge on any atom is -0.317 e. The van der Waals surface area contributed by atoms with Crippen LogP contribution in [0.3, 0.4) is 0 Å². The zero-order valence-electron chi connectivity index (χ0n) is 19.9. The lowest BCUT2D eigenvalue weighted by Crippen LogP contribution is -2.41. The first-order valence-electron chi connectivity index (χ1n) is 12.7. The summed E-state index contributed by atoms with van der Waals surface area (Å²) in [6.07, 6.45) is 16.2. The molecule has 2 aromatic rings. The van der Waals surface area contributed by atoms with E-state index in [2.05, 4.69) is 65.9 Å². The van der Waals surface area contributed by atoms with Crippen molar-refractivity contribution in [3.63, 3.8) is 0 Å². The first kappa shape index (κ1) is 22.5. The van der Waals surface area contributed by atoms with Crippen LogP contribution in [0.4, 0.5) is 0 Å². The van der Waals surface area contributed by atoms with E-state index in [1.807, 2.05) is 0 Å². The van der Waals surface area contributed by atoms with Crippen LogP contribution in [0.1, 0.15) is 81.0 Å². The maximum absolute atomic E-state index is 13.7. The number of aromatic nitrogens is 1. The molecule has 3 aliphatic rings. The molecule has 0 radical (unpaired) electrons. The molecular weight excluding hydrogens is 426 g/mol. The number of carbonyl (C=O) groups excluding carboxylic acids is 1. The molecule has 2 saturated carbocycles. The van der Waals surface area contributed by atoms with Gasteiger partial charge >= 0.3 is 0 Å². The Morgan fingerprint density at radius 1 is 0.970 bits per heavy atom. The Balaban J connectivity index is 1.48. The normalized spacial score (nSPS) is 23.2. The Bertz CT molecular complexity index is 1070. The fraction of sp³-hybridized carbons (Fsp3) is 0.500. The second-order valence-corrected chi connectivity index (χ2v) is 10.9. The van der Waals surface area contributed by atoms with Gasteiger partial charge in [0.05, 0.1) is 10.9 Å². The highest BCUT2D eigenvalue weighted by Crippen LogP contribution is 2.38. The summed E-state index contributed by atoms with van der Waals surface area (Å²) in [4.78, 5) is 21.7. The quantitative estimate of drug-likeness (QED) is 0.458. The standard InChI is InChI=1S/C28H35N3OS/c1-20-15-16-25(21(2)18-20)30-17-9-14-24(30)19-26-27(32)31(23-12-7-4-8-13-23)28(33-26)29-22-10-5-3-6-11-22/h9,14-19,22-23H,3-8,10-13H2,1-2H3. The molecule has 1 aromatic heterocycles. The van der Waals surface area contributed by atoms with Gasteiger partial charge in [0, 0.05) is 23.6 Å². The third-order valence-corrected chi connectivity index (χ3v) is 8.31. The molecule has 0 unspecified atom stereocenters. The first-order chi connectivity index (χ1) is 16.1. The lowest BCUT2D eigenvalue weighted by atomic mass is 9.94. The molecule has 3 fully saturated rings. The topological polar surface area (TPSA) is 37.6 Å². The number of amidine groups is 1. The summed E-state index contributed by atoms with van der Waals surface area (Å²) in [5.74, 6) is 0.148. The van der Waals surface area contributed by atoms with Crippen molar-refractivity contribution in [1.29, 1.82) is 0 Å². The number of amides is 1. The van der Waals surface area contributed by atoms with Gasteiger partial charge in [-0.05, 0) is 81.1 Å². The van der Waals surface area contributed by atoms with E-state index >= 15 is 0 Å². The average Bonchev–Trinajstić information content (AvgIpc) is 3.39. The van der Waals surface area contributed by atoms with Crippen molar-refractivity contribution < 1.29 is 4.79 Å². The summed E-state index contributed by atoms with van der Waals surface area (Å²) in [6, 6.07) is 11.4. The van der Waals surface area contributed by atoms with E-state index in [0.717, 1.165) is 47.1 Å². The molecule has 1 amide bonds. The Morgan fingerprint density at radius 2 is 1.70 bits per heavy atom. The van der Waals surface area contributed by atoms with Crippen LogP contribution in [-0.4, -0.2) is 32.6 Å². The fourth-order valence-electron chi connectivity index (χ4n) is 5.55. The highest BCUT2D eigenvalue weighted by molar-refractivity contribution is 8.18. The third-order valence-electron chi connectivity index (χ3n) is 7.32. The maximum Gasteiger partial charge on any atom is 0.267 e. The number of rotatable bonds is 4. The molecule has 0 spiro atoms. The number of aryl methyl sites for hydroxylation is 2. The van der Waals surface area contributed by atoms with Crippen LogP contribution < -0.4 is 0 Å². The van der Waals surface area contributed by atoms with Crippen LogP contribution in [0.15, 0.2) is 46.4 Å². The SMILES string of the molecule is Cc1ccc(-n2cccc2C=C2SC(=NC3CCCCC3)N(C3CCCCC3)C2=O)c(C)c1. The number of nitrogens with zero attached hydrogens (tertiary/aromatic N) is 3. The van der Waals surface area contributed by atoms with Crippen LogP contribution in [-0.2, 0) is 4.79 Å². The van der Waals surface area contributed by atoms with Crippen LogP contribution in [0.5, 0.6) is 0 Å². The summed E-state index contributed by atoms with van der Waals surface area (Å²) in [5, 5.41) is 0.953. The minimum atomic E-state index is 0.148. The van der Waals surface area contributed by atoms with Crippen LogP contribution in [0.2, 0.25) is 0 Å². The van der Waals surface area contributed by atoms with Gasteiger partial charge in [-0.15, -0.1) is 0 Å². The van der Waals surface area contributed by atoms with Crippen LogP contribution in [0.25, 0.3) is 11.8 Å². The monoisotopic (exact) mass is 461 g/mol. The molecule has 0 bridgehead atoms. The number of thioether (sulfide) groups is 1. The molecule has 1 aliphatic heterocycles. The zero-order valence-corrected chi connectivity index (χ0v) is 20.7. The van der Waals surface area contributed by atoms with Gasteiger partial charge in [-0.1, -0.05) is 56.2 Å². The average molecular weight is 462 g/mol. The van der Waals surface area contributed by atoms with E-state index in [1.54, 1.807) is 11.8 Å². The van der Waals surface area contributed by atoms with Gasteiger partial charge < -0.3 is 4.57 Å². The number of hydrogen-bond donors (Lipinski definition) is 0. The second-order valence-electron chi connectivity index (χ2n) is 9.87. The molecule has 1 saturated heterocycles. The summed E-state index contributed by atoms with van der Waals surface area (Å²) < 4.78 is 2.19. The number of benzene rings is 1. The third kappa shape index (κ3) is 4.84. The van der Waals surface area contributed by atoms with E-state index in [9.17, 15) is 4.79 Å². The largest absolute Gasteiger partial charge is 0.317 e. The van der Waals surface area contributed by atoms with E-state index < -0.39 is 0 Å². The molecule has 2 heterocycles. The maximum atomic E-state index is 13.7. The highest BCUT2D eigenvalue weighted by atomic mass is 32.2. The van der Waals surface area contributed by atoms with Crippen molar-refractivity contribution in [3.8, 4) is 5.69 Å². The Morgan fingerprint density at radius 3 is 2.42 bits per heavy atom. The molecule has 174 valence electrons. The highest BCUT2D eigenvalue weighted by Gasteiger charge is 2.39. The van der Waals surface area contributed by atoms with Crippen molar-refractivity contribution in [3.05, 3.63) is 58.3 Å². The molecule has 1 aromatic carbocycles. The molecule has 2 aliphatic carbocycles. The Labute approximate surface area is 202 Å². The van der Waals surface area contributed by atoms with Gasteiger partial charge in [-0.3, -0.25) is 14.7 Å².